The van der Waals surface area contributed by atoms with E-state index in [0.717, 1.165) is 23.6 Å². The van der Waals surface area contributed by atoms with Gasteiger partial charge in [-0.05, 0) is 57.0 Å². The molecule has 0 radical (unpaired) electrons. The molecule has 1 saturated heterocycles. The van der Waals surface area contributed by atoms with E-state index in [1.165, 1.54) is 18.4 Å². The third kappa shape index (κ3) is 1.91. The highest BCUT2D eigenvalue weighted by atomic mass is 32.1. The minimum absolute atomic E-state index is 0.0158. The van der Waals surface area contributed by atoms with Crippen molar-refractivity contribution in [3.05, 3.63) is 29.8 Å². The zero-order valence-electron chi connectivity index (χ0n) is 9.99. The molecule has 90 valence electrons. The van der Waals surface area contributed by atoms with Crippen LogP contribution >= 0.6 is 12.2 Å². The number of nitrogens with one attached hydrogen (secondary N) is 2. The van der Waals surface area contributed by atoms with Crippen LogP contribution in [0.25, 0.3) is 0 Å². The predicted molar refractivity (Wildman–Crippen MR) is 73.7 cm³/mol. The fourth-order valence-electron chi connectivity index (χ4n) is 2.64. The summed E-state index contributed by atoms with van der Waals surface area (Å²) in [6, 6.07) is 8.42. The number of benzene rings is 1. The van der Waals surface area contributed by atoms with Crippen LogP contribution < -0.4 is 15.8 Å². The smallest absolute Gasteiger partial charge is 0.189 e. The Hall–Kier alpha value is -1.13. The largest absolute Gasteiger partial charge is 0.342 e. The summed E-state index contributed by atoms with van der Waals surface area (Å²) in [7, 11) is 0. The molecule has 1 aromatic carbocycles. The van der Waals surface area contributed by atoms with E-state index in [9.17, 15) is 0 Å². The first-order chi connectivity index (χ1) is 8.19. The van der Waals surface area contributed by atoms with Crippen LogP contribution in [0.15, 0.2) is 24.3 Å². The molecular formula is C13H17N3S. The molecule has 1 spiro atoms. The van der Waals surface area contributed by atoms with E-state index in [1.807, 2.05) is 5.01 Å². The van der Waals surface area contributed by atoms with Gasteiger partial charge in [0.1, 0.15) is 5.66 Å². The van der Waals surface area contributed by atoms with Crippen LogP contribution in [0, 0.1) is 6.92 Å². The van der Waals surface area contributed by atoms with Gasteiger partial charge in [-0.15, -0.1) is 0 Å². The van der Waals surface area contributed by atoms with Crippen molar-refractivity contribution in [1.29, 1.82) is 0 Å². The summed E-state index contributed by atoms with van der Waals surface area (Å²) in [6.07, 6.45) is 4.83. The Bertz CT molecular complexity index is 434. The molecule has 1 aliphatic carbocycles. The molecule has 3 nitrogen and oxygen atoms in total. The minimum atomic E-state index is 0.0158. The van der Waals surface area contributed by atoms with E-state index in [-0.39, 0.29) is 5.66 Å². The summed E-state index contributed by atoms with van der Waals surface area (Å²) in [6.45, 7) is 2.09. The molecule has 4 heteroatoms. The van der Waals surface area contributed by atoms with Gasteiger partial charge in [-0.3, -0.25) is 5.01 Å². The van der Waals surface area contributed by atoms with Gasteiger partial charge in [0.2, 0.25) is 0 Å². The second kappa shape index (κ2) is 3.96. The van der Waals surface area contributed by atoms with E-state index in [4.69, 9.17) is 12.2 Å². The molecular weight excluding hydrogens is 230 g/mol. The van der Waals surface area contributed by atoms with Gasteiger partial charge in [-0.2, -0.15) is 0 Å². The van der Waals surface area contributed by atoms with Gasteiger partial charge < -0.3 is 5.32 Å². The van der Waals surface area contributed by atoms with E-state index in [2.05, 4.69) is 41.9 Å². The summed E-state index contributed by atoms with van der Waals surface area (Å²) < 4.78 is 0. The minimum Gasteiger partial charge on any atom is -0.342 e. The van der Waals surface area contributed by atoms with Gasteiger partial charge in [0.05, 0.1) is 5.69 Å². The van der Waals surface area contributed by atoms with Crippen LogP contribution in [0.5, 0.6) is 0 Å². The van der Waals surface area contributed by atoms with E-state index in [0.29, 0.717) is 0 Å². The monoisotopic (exact) mass is 247 g/mol. The third-order valence-corrected chi connectivity index (χ3v) is 3.91. The molecule has 0 bridgehead atoms. The number of rotatable bonds is 1. The van der Waals surface area contributed by atoms with Gasteiger partial charge in [0.15, 0.2) is 5.11 Å². The number of aryl methyl sites for hydroxylation is 1. The summed E-state index contributed by atoms with van der Waals surface area (Å²) >= 11 is 5.42. The lowest BCUT2D eigenvalue weighted by molar-refractivity contribution is 0.349. The Labute approximate surface area is 107 Å². The summed E-state index contributed by atoms with van der Waals surface area (Å²) in [4.78, 5) is 0. The lowest BCUT2D eigenvalue weighted by Crippen LogP contribution is -2.48. The molecule has 2 fully saturated rings. The highest BCUT2D eigenvalue weighted by molar-refractivity contribution is 7.80. The molecule has 1 aliphatic heterocycles. The van der Waals surface area contributed by atoms with Gasteiger partial charge in [-0.1, -0.05) is 17.7 Å². The molecule has 1 aromatic rings. The average molecular weight is 247 g/mol. The molecule has 0 unspecified atom stereocenters. The topological polar surface area (TPSA) is 27.3 Å². The Morgan fingerprint density at radius 2 is 1.82 bits per heavy atom. The van der Waals surface area contributed by atoms with Crippen LogP contribution in [0.4, 0.5) is 5.69 Å². The normalized spacial score (nSPS) is 22.2. The third-order valence-electron chi connectivity index (χ3n) is 3.62. The predicted octanol–water partition coefficient (Wildman–Crippen LogP) is 2.46. The first-order valence-electron chi connectivity index (χ1n) is 6.15. The van der Waals surface area contributed by atoms with Crippen LogP contribution in [-0.2, 0) is 0 Å². The average Bonchev–Trinajstić information content (AvgIpc) is 2.88. The highest BCUT2D eigenvalue weighted by Crippen LogP contribution is 2.32. The van der Waals surface area contributed by atoms with Crippen molar-refractivity contribution >= 4 is 23.0 Å². The number of nitrogens with zero attached hydrogens (tertiary/aromatic N) is 1. The lowest BCUT2D eigenvalue weighted by Gasteiger charge is -2.24. The summed E-state index contributed by atoms with van der Waals surface area (Å²) in [5.74, 6) is 0. The number of anilines is 1. The van der Waals surface area contributed by atoms with Crippen molar-refractivity contribution in [2.75, 3.05) is 5.01 Å². The van der Waals surface area contributed by atoms with Gasteiger partial charge >= 0.3 is 0 Å². The molecule has 2 aliphatic rings. The number of thiocarbonyl (C=S) groups is 1. The highest BCUT2D eigenvalue weighted by Gasteiger charge is 2.42. The van der Waals surface area contributed by atoms with Crippen molar-refractivity contribution < 1.29 is 0 Å². The molecule has 0 atom stereocenters. The van der Waals surface area contributed by atoms with E-state index in [1.54, 1.807) is 0 Å². The number of hydrazine groups is 1. The first kappa shape index (κ1) is 11.0. The number of hydrogen-bond donors (Lipinski definition) is 2. The molecule has 1 heterocycles. The zero-order valence-corrected chi connectivity index (χ0v) is 10.8. The Morgan fingerprint density at radius 1 is 1.18 bits per heavy atom. The quantitative estimate of drug-likeness (QED) is 0.746. The van der Waals surface area contributed by atoms with Crippen molar-refractivity contribution in [1.82, 2.24) is 10.7 Å². The molecule has 0 amide bonds. The molecule has 0 aromatic heterocycles. The van der Waals surface area contributed by atoms with E-state index < -0.39 is 0 Å². The first-order valence-corrected chi connectivity index (χ1v) is 6.56. The van der Waals surface area contributed by atoms with Crippen molar-refractivity contribution in [3.8, 4) is 0 Å². The Morgan fingerprint density at radius 3 is 2.47 bits per heavy atom. The van der Waals surface area contributed by atoms with E-state index >= 15 is 0 Å². The maximum atomic E-state index is 5.42. The molecule has 1 saturated carbocycles. The fourth-order valence-corrected chi connectivity index (χ4v) is 2.99. The van der Waals surface area contributed by atoms with Crippen LogP contribution in [0.1, 0.15) is 31.2 Å². The lowest BCUT2D eigenvalue weighted by atomic mass is 10.1. The van der Waals surface area contributed by atoms with Crippen molar-refractivity contribution in [2.24, 2.45) is 0 Å². The van der Waals surface area contributed by atoms with Gasteiger partial charge in [0.25, 0.3) is 0 Å². The summed E-state index contributed by atoms with van der Waals surface area (Å²) in [5, 5.41) is 6.23. The van der Waals surface area contributed by atoms with Crippen LogP contribution in [-0.4, -0.2) is 10.8 Å². The molecule has 17 heavy (non-hydrogen) atoms. The standard InChI is InChI=1S/C13H17N3S/c1-10-4-6-11(7-5-10)16-12(17)14-13(15-16)8-2-3-9-13/h4-7,15H,2-3,8-9H2,1H3,(H,14,17). The SMILES string of the molecule is Cc1ccc(N2NC3(CCCC3)NC2=S)cc1. The van der Waals surface area contributed by atoms with Gasteiger partial charge in [0, 0.05) is 0 Å². The van der Waals surface area contributed by atoms with Gasteiger partial charge in [-0.25, -0.2) is 5.43 Å². The Kier molecular flexibility index (Phi) is 2.56. The zero-order chi connectivity index (χ0) is 11.9. The molecule has 3 rings (SSSR count). The second-order valence-electron chi connectivity index (χ2n) is 5.00. The second-order valence-corrected chi connectivity index (χ2v) is 5.39. The fraction of sp³-hybridized carbons (Fsp3) is 0.462. The maximum Gasteiger partial charge on any atom is 0.189 e. The van der Waals surface area contributed by atoms with Crippen LogP contribution in [0.3, 0.4) is 0 Å². The van der Waals surface area contributed by atoms with Crippen LogP contribution in [0.2, 0.25) is 0 Å². The van der Waals surface area contributed by atoms with Crippen molar-refractivity contribution in [2.45, 2.75) is 38.3 Å². The Balaban J connectivity index is 1.85. The maximum absolute atomic E-state index is 5.42. The molecule has 2 N–H and O–H groups in total. The van der Waals surface area contributed by atoms with Crippen molar-refractivity contribution in [3.63, 3.8) is 0 Å². The number of hydrogen-bond acceptors (Lipinski definition) is 2. The summed E-state index contributed by atoms with van der Waals surface area (Å²) in [5.41, 5.74) is 5.92.